The summed E-state index contributed by atoms with van der Waals surface area (Å²) in [7, 11) is 0. The summed E-state index contributed by atoms with van der Waals surface area (Å²) >= 11 is 11.2. The highest BCUT2D eigenvalue weighted by Gasteiger charge is 2.02. The van der Waals surface area contributed by atoms with Crippen LogP contribution in [-0.2, 0) is 0 Å². The number of aldehydes is 1. The monoisotopic (exact) mass is 188 g/mol. The second-order valence-electron chi connectivity index (χ2n) is 2.09. The van der Waals surface area contributed by atoms with Crippen molar-refractivity contribution in [1.29, 1.82) is 0 Å². The first-order valence-corrected chi connectivity index (χ1v) is 3.94. The van der Waals surface area contributed by atoms with Gasteiger partial charge < -0.3 is 0 Å². The lowest BCUT2D eigenvalue weighted by Gasteiger charge is -2.00. The van der Waals surface area contributed by atoms with E-state index in [1.165, 1.54) is 0 Å². The van der Waals surface area contributed by atoms with Crippen molar-refractivity contribution in [2.75, 3.05) is 0 Å². The zero-order valence-electron chi connectivity index (χ0n) is 5.63. The summed E-state index contributed by atoms with van der Waals surface area (Å²) in [6.45, 7) is 0. The van der Waals surface area contributed by atoms with Crippen molar-refractivity contribution in [2.24, 2.45) is 0 Å². The van der Waals surface area contributed by atoms with Crippen molar-refractivity contribution in [3.63, 3.8) is 0 Å². The molecule has 11 heavy (non-hydrogen) atoms. The molecule has 0 aromatic heterocycles. The Labute approximate surface area is 74.9 Å². The number of hydrogen-bond acceptors (Lipinski definition) is 1. The van der Waals surface area contributed by atoms with Crippen LogP contribution in [0.5, 0.6) is 0 Å². The van der Waals surface area contributed by atoms with Gasteiger partial charge in [-0.05, 0) is 11.6 Å². The molecule has 0 aliphatic rings. The summed E-state index contributed by atoms with van der Waals surface area (Å²) < 4.78 is 0. The van der Waals surface area contributed by atoms with Gasteiger partial charge in [-0.1, -0.05) is 18.2 Å². The summed E-state index contributed by atoms with van der Waals surface area (Å²) in [6, 6.07) is 6.89. The van der Waals surface area contributed by atoms with Crippen LogP contribution in [-0.4, -0.2) is 6.29 Å². The summed E-state index contributed by atoms with van der Waals surface area (Å²) in [4.78, 5) is 9.73. The molecule has 0 amide bonds. The smallest absolute Gasteiger partial charge is 0.150 e. The summed E-state index contributed by atoms with van der Waals surface area (Å²) in [6.07, 6.45) is 0.764. The Morgan fingerprint density at radius 3 is 2.64 bits per heavy atom. The van der Waals surface area contributed by atoms with E-state index in [1.807, 2.05) is 0 Å². The van der Waals surface area contributed by atoms with Crippen molar-refractivity contribution in [3.05, 3.63) is 35.4 Å². The third-order valence-electron chi connectivity index (χ3n) is 1.30. The molecule has 58 valence electrons. The second-order valence-corrected chi connectivity index (χ2v) is 3.18. The van der Waals surface area contributed by atoms with Gasteiger partial charge >= 0.3 is 0 Å². The average molecular weight is 189 g/mol. The number of hydrogen-bond donors (Lipinski definition) is 0. The van der Waals surface area contributed by atoms with Crippen molar-refractivity contribution in [2.45, 2.75) is 4.84 Å². The lowest BCUT2D eigenvalue weighted by atomic mass is 10.2. The molecule has 1 aromatic carbocycles. The zero-order chi connectivity index (χ0) is 8.27. The van der Waals surface area contributed by atoms with Gasteiger partial charge in [0.1, 0.15) is 11.1 Å². The number of benzene rings is 1. The highest BCUT2D eigenvalue weighted by atomic mass is 35.5. The number of rotatable bonds is 2. The third-order valence-corrected chi connectivity index (χ3v) is 1.80. The quantitative estimate of drug-likeness (QED) is 0.516. The van der Waals surface area contributed by atoms with Crippen LogP contribution in [0.25, 0.3) is 0 Å². The van der Waals surface area contributed by atoms with Gasteiger partial charge in [-0.15, -0.1) is 23.2 Å². The van der Waals surface area contributed by atoms with E-state index in [0.717, 1.165) is 11.8 Å². The Kier molecular flexibility index (Phi) is 2.92. The maximum atomic E-state index is 10.3. The lowest BCUT2D eigenvalue weighted by Crippen LogP contribution is -1.84. The molecule has 0 saturated heterocycles. The maximum absolute atomic E-state index is 10.3. The minimum absolute atomic E-state index is 0.560. The van der Waals surface area contributed by atoms with E-state index in [-0.39, 0.29) is 0 Å². The molecule has 0 saturated carbocycles. The lowest BCUT2D eigenvalue weighted by molar-refractivity contribution is 0.112. The predicted octanol–water partition coefficient (Wildman–Crippen LogP) is 2.98. The van der Waals surface area contributed by atoms with Crippen LogP contribution < -0.4 is 0 Å². The molecule has 0 bridgehead atoms. The van der Waals surface area contributed by atoms with Gasteiger partial charge in [-0.2, -0.15) is 0 Å². The molecule has 0 aliphatic heterocycles. The molecule has 1 rings (SSSR count). The van der Waals surface area contributed by atoms with E-state index in [4.69, 9.17) is 23.2 Å². The highest BCUT2D eigenvalue weighted by Crippen LogP contribution is 2.24. The Morgan fingerprint density at radius 1 is 1.36 bits per heavy atom. The SMILES string of the molecule is O=Cc1cccc(C(Cl)Cl)c1. The number of carbonyl (C=O) groups is 1. The highest BCUT2D eigenvalue weighted by molar-refractivity contribution is 6.44. The van der Waals surface area contributed by atoms with Crippen LogP contribution in [0.3, 0.4) is 0 Å². The Hall–Kier alpha value is -0.530. The fraction of sp³-hybridized carbons (Fsp3) is 0.125. The summed E-state index contributed by atoms with van der Waals surface area (Å²) in [5, 5.41) is 0. The average Bonchev–Trinajstić information content (AvgIpc) is 2.05. The van der Waals surface area contributed by atoms with Crippen LogP contribution in [0, 0.1) is 0 Å². The number of halogens is 2. The van der Waals surface area contributed by atoms with Crippen molar-refractivity contribution in [1.82, 2.24) is 0 Å². The van der Waals surface area contributed by atoms with Crippen LogP contribution in [0.2, 0.25) is 0 Å². The minimum atomic E-state index is -0.560. The van der Waals surface area contributed by atoms with E-state index >= 15 is 0 Å². The van der Waals surface area contributed by atoms with Crippen LogP contribution in [0.15, 0.2) is 24.3 Å². The fourth-order valence-corrected chi connectivity index (χ4v) is 1.04. The van der Waals surface area contributed by atoms with E-state index in [0.29, 0.717) is 5.56 Å². The molecular weight excluding hydrogens is 183 g/mol. The number of carbonyl (C=O) groups excluding carboxylic acids is 1. The van der Waals surface area contributed by atoms with Crippen molar-refractivity contribution in [3.8, 4) is 0 Å². The number of alkyl halides is 2. The molecule has 0 spiro atoms. The summed E-state index contributed by atoms with van der Waals surface area (Å²) in [5.41, 5.74) is 1.34. The van der Waals surface area contributed by atoms with Gasteiger partial charge in [-0.3, -0.25) is 4.79 Å². The molecule has 1 aromatic rings. The molecule has 0 fully saturated rings. The van der Waals surface area contributed by atoms with E-state index in [1.54, 1.807) is 24.3 Å². The fourth-order valence-electron chi connectivity index (χ4n) is 0.768. The second kappa shape index (κ2) is 3.74. The van der Waals surface area contributed by atoms with Gasteiger partial charge in [0.2, 0.25) is 0 Å². The molecular formula is C8H6Cl2O. The van der Waals surface area contributed by atoms with Gasteiger partial charge in [0.05, 0.1) is 0 Å². The Balaban J connectivity index is 3.00. The van der Waals surface area contributed by atoms with Crippen molar-refractivity contribution < 1.29 is 4.79 Å². The largest absolute Gasteiger partial charge is 0.298 e. The molecule has 0 unspecified atom stereocenters. The van der Waals surface area contributed by atoms with E-state index < -0.39 is 4.84 Å². The summed E-state index contributed by atoms with van der Waals surface area (Å²) in [5.74, 6) is 0. The normalized spacial score (nSPS) is 10.1. The topological polar surface area (TPSA) is 17.1 Å². The standard InChI is InChI=1S/C8H6Cl2O/c9-8(10)7-3-1-2-6(4-7)5-11/h1-5,8H. The van der Waals surface area contributed by atoms with E-state index in [2.05, 4.69) is 0 Å². The zero-order valence-corrected chi connectivity index (χ0v) is 7.14. The first-order chi connectivity index (χ1) is 5.24. The van der Waals surface area contributed by atoms with Crippen LogP contribution in [0.4, 0.5) is 0 Å². The predicted molar refractivity (Wildman–Crippen MR) is 46.3 cm³/mol. The Morgan fingerprint density at radius 2 is 2.09 bits per heavy atom. The molecule has 0 atom stereocenters. The maximum Gasteiger partial charge on any atom is 0.150 e. The van der Waals surface area contributed by atoms with Gasteiger partial charge in [0.15, 0.2) is 0 Å². The van der Waals surface area contributed by atoms with Crippen molar-refractivity contribution >= 4 is 29.5 Å². The Bertz CT molecular complexity index is 258. The molecule has 1 nitrogen and oxygen atoms in total. The molecule has 0 radical (unpaired) electrons. The molecule has 0 heterocycles. The molecule has 0 N–H and O–H groups in total. The van der Waals surface area contributed by atoms with Gasteiger partial charge in [-0.25, -0.2) is 0 Å². The minimum Gasteiger partial charge on any atom is -0.298 e. The first kappa shape index (κ1) is 8.57. The van der Waals surface area contributed by atoms with E-state index in [9.17, 15) is 4.79 Å². The molecule has 0 aliphatic carbocycles. The van der Waals surface area contributed by atoms with Crippen LogP contribution in [0.1, 0.15) is 20.8 Å². The first-order valence-electron chi connectivity index (χ1n) is 3.07. The van der Waals surface area contributed by atoms with Gasteiger partial charge in [0.25, 0.3) is 0 Å². The van der Waals surface area contributed by atoms with Gasteiger partial charge in [0, 0.05) is 5.56 Å². The third kappa shape index (κ3) is 2.21. The van der Waals surface area contributed by atoms with Crippen LogP contribution >= 0.6 is 23.2 Å². The molecule has 3 heteroatoms.